The van der Waals surface area contributed by atoms with Gasteiger partial charge in [0.25, 0.3) is 0 Å². The lowest BCUT2D eigenvalue weighted by Crippen LogP contribution is -2.45. The topological polar surface area (TPSA) is 66.9 Å². The van der Waals surface area contributed by atoms with Gasteiger partial charge >= 0.3 is 5.97 Å². The molecule has 1 aromatic carbocycles. The summed E-state index contributed by atoms with van der Waals surface area (Å²) in [5.74, 6) is -0.564. The number of esters is 1. The van der Waals surface area contributed by atoms with Gasteiger partial charge < -0.3 is 14.5 Å². The molecule has 1 aliphatic heterocycles. The number of ether oxygens (including phenoxy) is 1. The van der Waals surface area contributed by atoms with Gasteiger partial charge in [0, 0.05) is 25.2 Å². The lowest BCUT2D eigenvalue weighted by atomic mass is 9.97. The van der Waals surface area contributed by atoms with Crippen molar-refractivity contribution in [1.82, 2.24) is 9.80 Å². The van der Waals surface area contributed by atoms with E-state index >= 15 is 0 Å². The first-order chi connectivity index (χ1) is 12.4. The fourth-order valence-corrected chi connectivity index (χ4v) is 3.19. The van der Waals surface area contributed by atoms with E-state index < -0.39 is 0 Å². The molecule has 0 unspecified atom stereocenters. The van der Waals surface area contributed by atoms with Gasteiger partial charge in [-0.1, -0.05) is 23.7 Å². The van der Waals surface area contributed by atoms with Crippen molar-refractivity contribution in [2.24, 2.45) is 5.92 Å². The molecule has 0 bridgehead atoms. The Morgan fingerprint density at radius 3 is 2.58 bits per heavy atom. The highest BCUT2D eigenvalue weighted by molar-refractivity contribution is 6.30. The summed E-state index contributed by atoms with van der Waals surface area (Å²) in [4.78, 5) is 39.6. The number of piperidine rings is 1. The van der Waals surface area contributed by atoms with Crippen LogP contribution in [-0.4, -0.2) is 60.9 Å². The van der Waals surface area contributed by atoms with Gasteiger partial charge in [0.05, 0.1) is 25.5 Å². The van der Waals surface area contributed by atoms with Crippen molar-refractivity contribution in [1.29, 1.82) is 0 Å². The Hall–Kier alpha value is -2.08. The van der Waals surface area contributed by atoms with Crippen molar-refractivity contribution >= 4 is 29.4 Å². The quantitative estimate of drug-likeness (QED) is 0.709. The Morgan fingerprint density at radius 1 is 1.27 bits per heavy atom. The Labute approximate surface area is 159 Å². The third-order valence-corrected chi connectivity index (χ3v) is 4.75. The van der Waals surface area contributed by atoms with Gasteiger partial charge in [0.1, 0.15) is 0 Å². The second-order valence-electron chi connectivity index (χ2n) is 6.46. The van der Waals surface area contributed by atoms with Crippen molar-refractivity contribution in [3.8, 4) is 0 Å². The monoisotopic (exact) mass is 380 g/mol. The number of halogens is 1. The minimum Gasteiger partial charge on any atom is -0.466 e. The number of nitrogens with zero attached hydrogens (tertiary/aromatic N) is 2. The van der Waals surface area contributed by atoms with Gasteiger partial charge in [-0.3, -0.25) is 14.4 Å². The normalized spacial score (nSPS) is 14.8. The van der Waals surface area contributed by atoms with Crippen LogP contribution in [0, 0.1) is 5.92 Å². The van der Waals surface area contributed by atoms with Gasteiger partial charge in [0.15, 0.2) is 0 Å². The molecule has 0 radical (unpaired) electrons. The highest BCUT2D eigenvalue weighted by atomic mass is 35.5. The summed E-state index contributed by atoms with van der Waals surface area (Å²) in [6, 6.07) is 7.13. The summed E-state index contributed by atoms with van der Waals surface area (Å²) in [7, 11) is 1.62. The fourth-order valence-electron chi connectivity index (χ4n) is 2.97. The number of hydrogen-bond donors (Lipinski definition) is 0. The summed E-state index contributed by atoms with van der Waals surface area (Å²) in [6.45, 7) is 3.21. The van der Waals surface area contributed by atoms with E-state index in [4.69, 9.17) is 16.3 Å². The third kappa shape index (κ3) is 5.73. The predicted molar refractivity (Wildman–Crippen MR) is 98.7 cm³/mol. The first kappa shape index (κ1) is 20.2. The van der Waals surface area contributed by atoms with Crippen LogP contribution in [0.2, 0.25) is 5.02 Å². The molecule has 0 atom stereocenters. The van der Waals surface area contributed by atoms with Crippen LogP contribution in [-0.2, 0) is 25.5 Å². The predicted octanol–water partition coefficient (Wildman–Crippen LogP) is 2.14. The maximum Gasteiger partial charge on any atom is 0.309 e. The zero-order valence-corrected chi connectivity index (χ0v) is 16.0. The van der Waals surface area contributed by atoms with Crippen LogP contribution in [0.4, 0.5) is 0 Å². The van der Waals surface area contributed by atoms with Gasteiger partial charge in [-0.15, -0.1) is 0 Å². The molecule has 142 valence electrons. The maximum atomic E-state index is 12.4. The summed E-state index contributed by atoms with van der Waals surface area (Å²) in [5.41, 5.74) is 0.817. The Morgan fingerprint density at radius 2 is 1.96 bits per heavy atom. The van der Waals surface area contributed by atoms with E-state index in [1.54, 1.807) is 37.1 Å². The van der Waals surface area contributed by atoms with E-state index in [0.717, 1.165) is 5.56 Å². The van der Waals surface area contributed by atoms with E-state index in [1.807, 2.05) is 6.07 Å². The summed E-state index contributed by atoms with van der Waals surface area (Å²) >= 11 is 5.93. The second kappa shape index (κ2) is 9.57. The molecular weight excluding hydrogens is 356 g/mol. The second-order valence-corrected chi connectivity index (χ2v) is 6.90. The first-order valence-corrected chi connectivity index (χ1v) is 9.21. The molecule has 26 heavy (non-hydrogen) atoms. The number of carbonyl (C=O) groups is 3. The van der Waals surface area contributed by atoms with Gasteiger partial charge in [-0.2, -0.15) is 0 Å². The molecule has 1 fully saturated rings. The molecule has 1 saturated heterocycles. The molecule has 2 rings (SSSR count). The zero-order valence-electron chi connectivity index (χ0n) is 15.2. The van der Waals surface area contributed by atoms with Crippen LogP contribution >= 0.6 is 11.6 Å². The van der Waals surface area contributed by atoms with Crippen LogP contribution in [0.1, 0.15) is 25.3 Å². The van der Waals surface area contributed by atoms with Crippen molar-refractivity contribution < 1.29 is 19.1 Å². The smallest absolute Gasteiger partial charge is 0.309 e. The molecule has 0 aromatic heterocycles. The van der Waals surface area contributed by atoms with Gasteiger partial charge in [0.2, 0.25) is 11.8 Å². The third-order valence-electron chi connectivity index (χ3n) is 4.51. The molecule has 7 heteroatoms. The molecule has 0 saturated carbocycles. The Kier molecular flexibility index (Phi) is 7.45. The molecule has 0 spiro atoms. The largest absolute Gasteiger partial charge is 0.466 e. The van der Waals surface area contributed by atoms with Crippen molar-refractivity contribution in [3.63, 3.8) is 0 Å². The highest BCUT2D eigenvalue weighted by Crippen LogP contribution is 2.19. The SMILES string of the molecule is CCOC(=O)C1CCN(C(=O)CN(C)C(=O)Cc2cccc(Cl)c2)CC1. The standard InChI is InChI=1S/C19H25ClN2O4/c1-3-26-19(25)15-7-9-22(10-8-15)18(24)13-21(2)17(23)12-14-5-4-6-16(20)11-14/h4-6,11,15H,3,7-10,12-13H2,1-2H3. The average Bonchev–Trinajstić information content (AvgIpc) is 2.62. The molecule has 6 nitrogen and oxygen atoms in total. The van der Waals surface area contributed by atoms with Gasteiger partial charge in [-0.25, -0.2) is 0 Å². The van der Waals surface area contributed by atoms with E-state index in [-0.39, 0.29) is 36.7 Å². The van der Waals surface area contributed by atoms with Crippen LogP contribution in [0.5, 0.6) is 0 Å². The number of amides is 2. The lowest BCUT2D eigenvalue weighted by molar-refractivity contribution is -0.151. The number of carbonyl (C=O) groups excluding carboxylic acids is 3. The highest BCUT2D eigenvalue weighted by Gasteiger charge is 2.28. The molecular formula is C19H25ClN2O4. The molecule has 0 aliphatic carbocycles. The molecule has 1 aliphatic rings. The van der Waals surface area contributed by atoms with Crippen LogP contribution in [0.3, 0.4) is 0 Å². The van der Waals surface area contributed by atoms with Gasteiger partial charge in [-0.05, 0) is 37.5 Å². The number of likely N-dealkylation sites (N-methyl/N-ethyl adjacent to an activating group) is 1. The number of hydrogen-bond acceptors (Lipinski definition) is 4. The van der Waals surface area contributed by atoms with E-state index in [2.05, 4.69) is 0 Å². The lowest BCUT2D eigenvalue weighted by Gasteiger charge is -2.32. The summed E-state index contributed by atoms with van der Waals surface area (Å²) in [6.07, 6.45) is 1.41. The minimum atomic E-state index is -0.187. The van der Waals surface area contributed by atoms with Crippen molar-refractivity contribution in [2.75, 3.05) is 33.3 Å². The molecule has 0 N–H and O–H groups in total. The van der Waals surface area contributed by atoms with Crippen LogP contribution in [0.15, 0.2) is 24.3 Å². The van der Waals surface area contributed by atoms with E-state index in [1.165, 1.54) is 4.90 Å². The van der Waals surface area contributed by atoms with Crippen molar-refractivity contribution in [3.05, 3.63) is 34.9 Å². The number of rotatable bonds is 6. The van der Waals surface area contributed by atoms with Crippen molar-refractivity contribution in [2.45, 2.75) is 26.2 Å². The summed E-state index contributed by atoms with van der Waals surface area (Å²) in [5, 5.41) is 0.582. The fraction of sp³-hybridized carbons (Fsp3) is 0.526. The maximum absolute atomic E-state index is 12.4. The molecule has 1 heterocycles. The Balaban J connectivity index is 1.80. The first-order valence-electron chi connectivity index (χ1n) is 8.83. The number of likely N-dealkylation sites (tertiary alicyclic amines) is 1. The average molecular weight is 381 g/mol. The van der Waals surface area contributed by atoms with Crippen LogP contribution < -0.4 is 0 Å². The Bertz CT molecular complexity index is 657. The number of benzene rings is 1. The zero-order chi connectivity index (χ0) is 19.1. The van der Waals surface area contributed by atoms with E-state index in [9.17, 15) is 14.4 Å². The molecule has 1 aromatic rings. The van der Waals surface area contributed by atoms with Crippen LogP contribution in [0.25, 0.3) is 0 Å². The minimum absolute atomic E-state index is 0.0312. The summed E-state index contributed by atoms with van der Waals surface area (Å²) < 4.78 is 5.03. The van der Waals surface area contributed by atoms with E-state index in [0.29, 0.717) is 37.6 Å². The molecule has 2 amide bonds.